The van der Waals surface area contributed by atoms with Gasteiger partial charge in [0.1, 0.15) is 5.78 Å². The van der Waals surface area contributed by atoms with Gasteiger partial charge in [-0.1, -0.05) is 19.8 Å². The molecule has 0 N–H and O–H groups in total. The maximum absolute atomic E-state index is 11.6. The molecule has 0 heterocycles. The van der Waals surface area contributed by atoms with Crippen molar-refractivity contribution in [3.05, 3.63) is 0 Å². The smallest absolute Gasteiger partial charge is 0.136 e. The molecule has 2 fully saturated rings. The minimum absolute atomic E-state index is 0.461. The normalized spacial score (nSPS) is 41.0. The molecule has 1 heteroatoms. The minimum Gasteiger partial charge on any atom is -0.299 e. The van der Waals surface area contributed by atoms with E-state index < -0.39 is 0 Å². The molecule has 2 aliphatic rings. The predicted molar refractivity (Wildman–Crippen MR) is 53.5 cm³/mol. The zero-order valence-electron chi connectivity index (χ0n) is 8.59. The number of hydrogen-bond acceptors (Lipinski definition) is 1. The first-order chi connectivity index (χ1) is 6.27. The highest BCUT2D eigenvalue weighted by Gasteiger charge is 2.33. The van der Waals surface area contributed by atoms with Crippen molar-refractivity contribution in [3.63, 3.8) is 0 Å². The topological polar surface area (TPSA) is 17.1 Å². The molecule has 2 saturated carbocycles. The summed E-state index contributed by atoms with van der Waals surface area (Å²) in [6.07, 6.45) is 8.60. The molecule has 0 aromatic rings. The summed E-state index contributed by atoms with van der Waals surface area (Å²) in [5.74, 6) is 2.65. The van der Waals surface area contributed by atoms with Gasteiger partial charge in [-0.2, -0.15) is 0 Å². The number of carbonyl (C=O) groups is 1. The Morgan fingerprint density at radius 3 is 2.62 bits per heavy atom. The van der Waals surface area contributed by atoms with E-state index in [2.05, 4.69) is 6.92 Å². The zero-order chi connectivity index (χ0) is 9.26. The monoisotopic (exact) mass is 180 g/mol. The van der Waals surface area contributed by atoms with Gasteiger partial charge < -0.3 is 0 Å². The van der Waals surface area contributed by atoms with E-state index in [0.29, 0.717) is 11.7 Å². The number of carbonyl (C=O) groups excluding carboxylic acids is 1. The summed E-state index contributed by atoms with van der Waals surface area (Å²) in [6, 6.07) is 0. The van der Waals surface area contributed by atoms with Gasteiger partial charge in [0.15, 0.2) is 0 Å². The van der Waals surface area contributed by atoms with Crippen molar-refractivity contribution in [2.24, 2.45) is 17.8 Å². The summed E-state index contributed by atoms with van der Waals surface area (Å²) in [6.45, 7) is 2.34. The van der Waals surface area contributed by atoms with Crippen molar-refractivity contribution in [1.29, 1.82) is 0 Å². The van der Waals surface area contributed by atoms with E-state index in [9.17, 15) is 4.79 Å². The molecule has 2 rings (SSSR count). The van der Waals surface area contributed by atoms with Crippen molar-refractivity contribution in [2.75, 3.05) is 0 Å². The fourth-order valence-electron chi connectivity index (χ4n) is 3.19. The third kappa shape index (κ3) is 1.95. The van der Waals surface area contributed by atoms with Gasteiger partial charge in [-0.3, -0.25) is 4.79 Å². The van der Waals surface area contributed by atoms with E-state index >= 15 is 0 Å². The number of rotatable bonds is 1. The molecule has 0 amide bonds. The Labute approximate surface area is 80.9 Å². The van der Waals surface area contributed by atoms with Gasteiger partial charge in [0.05, 0.1) is 0 Å². The first-order valence-corrected chi connectivity index (χ1v) is 5.80. The lowest BCUT2D eigenvalue weighted by molar-refractivity contribution is -0.122. The standard InChI is InChI=1S/C12H20O/c1-9-4-2-5-10(8-9)11-6-3-7-12(11)13/h9-11H,2-8H2,1H3. The van der Waals surface area contributed by atoms with E-state index in [0.717, 1.165) is 24.7 Å². The summed E-state index contributed by atoms with van der Waals surface area (Å²) in [5, 5.41) is 0. The largest absolute Gasteiger partial charge is 0.299 e. The molecule has 0 spiro atoms. The molecule has 1 nitrogen and oxygen atoms in total. The van der Waals surface area contributed by atoms with Crippen LogP contribution in [0.1, 0.15) is 51.9 Å². The molecule has 74 valence electrons. The summed E-state index contributed by atoms with van der Waals surface area (Å²) >= 11 is 0. The molecule has 3 unspecified atom stereocenters. The first-order valence-electron chi connectivity index (χ1n) is 5.80. The zero-order valence-corrected chi connectivity index (χ0v) is 8.59. The van der Waals surface area contributed by atoms with Crippen LogP contribution in [0.4, 0.5) is 0 Å². The maximum atomic E-state index is 11.6. The number of ketones is 1. The molecule has 0 bridgehead atoms. The predicted octanol–water partition coefficient (Wildman–Crippen LogP) is 3.18. The second kappa shape index (κ2) is 3.81. The first kappa shape index (κ1) is 9.23. The Balaban J connectivity index is 1.95. The van der Waals surface area contributed by atoms with Crippen molar-refractivity contribution in [2.45, 2.75) is 51.9 Å². The van der Waals surface area contributed by atoms with E-state index in [-0.39, 0.29) is 0 Å². The van der Waals surface area contributed by atoms with Crippen LogP contribution in [-0.4, -0.2) is 5.78 Å². The highest BCUT2D eigenvalue weighted by atomic mass is 16.1. The highest BCUT2D eigenvalue weighted by Crippen LogP contribution is 2.39. The van der Waals surface area contributed by atoms with Crippen LogP contribution in [-0.2, 0) is 4.79 Å². The number of hydrogen-bond donors (Lipinski definition) is 0. The Morgan fingerprint density at radius 2 is 2.00 bits per heavy atom. The van der Waals surface area contributed by atoms with Gasteiger partial charge >= 0.3 is 0 Å². The maximum Gasteiger partial charge on any atom is 0.136 e. The van der Waals surface area contributed by atoms with E-state index in [1.807, 2.05) is 0 Å². The third-order valence-electron chi connectivity index (χ3n) is 3.90. The van der Waals surface area contributed by atoms with Crippen LogP contribution >= 0.6 is 0 Å². The molecular weight excluding hydrogens is 160 g/mol. The molecule has 0 radical (unpaired) electrons. The Bertz CT molecular complexity index is 197. The average molecular weight is 180 g/mol. The fraction of sp³-hybridized carbons (Fsp3) is 0.917. The van der Waals surface area contributed by atoms with Gasteiger partial charge in [0.2, 0.25) is 0 Å². The molecular formula is C12H20O. The third-order valence-corrected chi connectivity index (χ3v) is 3.90. The summed E-state index contributed by atoms with van der Waals surface area (Å²) in [7, 11) is 0. The van der Waals surface area contributed by atoms with Crippen LogP contribution in [0.5, 0.6) is 0 Å². The highest BCUT2D eigenvalue weighted by molar-refractivity contribution is 5.83. The second-order valence-corrected chi connectivity index (χ2v) is 5.00. The Kier molecular flexibility index (Phi) is 2.71. The fourth-order valence-corrected chi connectivity index (χ4v) is 3.19. The van der Waals surface area contributed by atoms with Crippen LogP contribution in [0, 0.1) is 17.8 Å². The van der Waals surface area contributed by atoms with Crippen LogP contribution in [0.2, 0.25) is 0 Å². The molecule has 0 aliphatic heterocycles. The molecule has 0 saturated heterocycles. The minimum atomic E-state index is 0.461. The lowest BCUT2D eigenvalue weighted by Gasteiger charge is -2.30. The summed E-state index contributed by atoms with van der Waals surface area (Å²) < 4.78 is 0. The van der Waals surface area contributed by atoms with Gasteiger partial charge in [-0.15, -0.1) is 0 Å². The van der Waals surface area contributed by atoms with Crippen LogP contribution in [0.3, 0.4) is 0 Å². The lowest BCUT2D eigenvalue weighted by atomic mass is 9.75. The summed E-state index contributed by atoms with van der Waals surface area (Å²) in [4.78, 5) is 11.6. The van der Waals surface area contributed by atoms with Crippen LogP contribution in [0.25, 0.3) is 0 Å². The van der Waals surface area contributed by atoms with Crippen LogP contribution < -0.4 is 0 Å². The summed E-state index contributed by atoms with van der Waals surface area (Å²) in [5.41, 5.74) is 0. The second-order valence-electron chi connectivity index (χ2n) is 5.00. The van der Waals surface area contributed by atoms with Crippen molar-refractivity contribution in [3.8, 4) is 0 Å². The molecule has 0 aromatic heterocycles. The van der Waals surface area contributed by atoms with Gasteiger partial charge in [0.25, 0.3) is 0 Å². The number of Topliss-reactive ketones (excluding diaryl/α,β-unsaturated/α-hetero) is 1. The Morgan fingerprint density at radius 1 is 1.15 bits per heavy atom. The Hall–Kier alpha value is -0.330. The average Bonchev–Trinajstić information content (AvgIpc) is 2.51. The molecule has 13 heavy (non-hydrogen) atoms. The molecule has 3 atom stereocenters. The van der Waals surface area contributed by atoms with Gasteiger partial charge in [0, 0.05) is 12.3 Å². The molecule has 2 aliphatic carbocycles. The van der Waals surface area contributed by atoms with Crippen molar-refractivity contribution < 1.29 is 4.79 Å². The molecule has 0 aromatic carbocycles. The van der Waals surface area contributed by atoms with Gasteiger partial charge in [-0.05, 0) is 37.5 Å². The van der Waals surface area contributed by atoms with E-state index in [1.54, 1.807) is 0 Å². The SMILES string of the molecule is CC1CCCC(C2CCCC2=O)C1. The van der Waals surface area contributed by atoms with E-state index in [4.69, 9.17) is 0 Å². The van der Waals surface area contributed by atoms with Crippen molar-refractivity contribution in [1.82, 2.24) is 0 Å². The lowest BCUT2D eigenvalue weighted by Crippen LogP contribution is -2.24. The quantitative estimate of drug-likeness (QED) is 0.605. The van der Waals surface area contributed by atoms with Crippen LogP contribution in [0.15, 0.2) is 0 Å². The van der Waals surface area contributed by atoms with Crippen molar-refractivity contribution >= 4 is 5.78 Å². The van der Waals surface area contributed by atoms with Gasteiger partial charge in [-0.25, -0.2) is 0 Å². The van der Waals surface area contributed by atoms with E-state index in [1.165, 1.54) is 32.1 Å².